The number of piperidine rings is 1. The first-order valence-corrected chi connectivity index (χ1v) is 13.3. The molecular formula is C27H37N3O4. The molecule has 2 N–H and O–H groups in total. The number of aromatic nitrogens is 1. The topological polar surface area (TPSA) is 91.8 Å². The fourth-order valence-corrected chi connectivity index (χ4v) is 7.75. The Labute approximate surface area is 201 Å². The van der Waals surface area contributed by atoms with Crippen molar-refractivity contribution in [3.63, 3.8) is 0 Å². The van der Waals surface area contributed by atoms with Crippen molar-refractivity contribution in [1.29, 1.82) is 0 Å². The number of nitrogens with one attached hydrogen (secondary N) is 1. The Morgan fingerprint density at radius 1 is 1.09 bits per heavy atom. The molecule has 184 valence electrons. The highest BCUT2D eigenvalue weighted by Crippen LogP contribution is 2.54. The van der Waals surface area contributed by atoms with E-state index >= 15 is 0 Å². The van der Waals surface area contributed by atoms with Gasteiger partial charge in [0.15, 0.2) is 0 Å². The van der Waals surface area contributed by atoms with Gasteiger partial charge in [0, 0.05) is 19.1 Å². The minimum absolute atomic E-state index is 0.0636. The normalized spacial score (nSPS) is 37.1. The molecule has 6 fully saturated rings. The SMILES string of the molecule is CC(C)CCOc1nc(N2C[C@@H]3C(C(=O)O)[C@@H]3C2)ccc1C(=O)NC1C2CC3CC(C2)CC1C3. The quantitative estimate of drug-likeness (QED) is 0.604. The van der Waals surface area contributed by atoms with Gasteiger partial charge in [0.25, 0.3) is 5.91 Å². The molecule has 0 aromatic carbocycles. The largest absolute Gasteiger partial charge is 0.481 e. The Morgan fingerprint density at radius 2 is 1.74 bits per heavy atom. The van der Waals surface area contributed by atoms with Gasteiger partial charge in [0.2, 0.25) is 5.88 Å². The van der Waals surface area contributed by atoms with Crippen molar-refractivity contribution in [1.82, 2.24) is 10.3 Å². The fourth-order valence-electron chi connectivity index (χ4n) is 7.75. The van der Waals surface area contributed by atoms with Gasteiger partial charge < -0.3 is 20.1 Å². The molecule has 4 bridgehead atoms. The van der Waals surface area contributed by atoms with Crippen LogP contribution in [0.1, 0.15) is 62.7 Å². The van der Waals surface area contributed by atoms with Crippen LogP contribution in [0.3, 0.4) is 0 Å². The minimum atomic E-state index is -0.683. The number of hydrogen-bond acceptors (Lipinski definition) is 5. The summed E-state index contributed by atoms with van der Waals surface area (Å²) in [6.45, 7) is 6.25. The standard InChI is InChI=1S/C27H37N3O4/c1-14(2)5-6-34-26-19(3-4-22(28-26)30-12-20-21(13-30)23(20)27(32)33)25(31)29-24-17-8-15-7-16(10-17)11-18(24)9-15/h3-4,14-18,20-21,23-24H,5-13H2,1-2H3,(H,29,31)(H,32,33)/t15?,16?,17?,18?,20-,21+,23?,24?. The molecule has 7 rings (SSSR count). The van der Waals surface area contributed by atoms with E-state index in [1.165, 1.54) is 32.1 Å². The number of anilines is 1. The van der Waals surface area contributed by atoms with E-state index in [4.69, 9.17) is 9.72 Å². The Kier molecular flexibility index (Phi) is 5.49. The van der Waals surface area contributed by atoms with Crippen LogP contribution >= 0.6 is 0 Å². The molecule has 1 aromatic heterocycles. The van der Waals surface area contributed by atoms with Crippen LogP contribution in [0, 0.1) is 47.3 Å². The number of aliphatic carboxylic acids is 1. The van der Waals surface area contributed by atoms with Gasteiger partial charge in [-0.25, -0.2) is 0 Å². The van der Waals surface area contributed by atoms with E-state index in [0.29, 0.717) is 48.9 Å². The Balaban J connectivity index is 1.18. The van der Waals surface area contributed by atoms with Crippen LogP contribution in [0.2, 0.25) is 0 Å². The predicted octanol–water partition coefficient (Wildman–Crippen LogP) is 3.83. The molecule has 5 saturated carbocycles. The zero-order valence-electron chi connectivity index (χ0n) is 20.3. The highest BCUT2D eigenvalue weighted by atomic mass is 16.5. The van der Waals surface area contributed by atoms with Gasteiger partial charge in [0.05, 0.1) is 12.5 Å². The van der Waals surface area contributed by atoms with Crippen LogP contribution in [-0.2, 0) is 4.79 Å². The summed E-state index contributed by atoms with van der Waals surface area (Å²) >= 11 is 0. The van der Waals surface area contributed by atoms with Gasteiger partial charge in [-0.15, -0.1) is 0 Å². The van der Waals surface area contributed by atoms with Crippen molar-refractivity contribution in [2.24, 2.45) is 47.3 Å². The Bertz CT molecular complexity index is 939. The number of hydrogen-bond donors (Lipinski definition) is 2. The third kappa shape index (κ3) is 3.95. The highest BCUT2D eigenvalue weighted by Gasteiger charge is 2.60. The van der Waals surface area contributed by atoms with Crippen molar-refractivity contribution in [3.8, 4) is 5.88 Å². The van der Waals surface area contributed by atoms with Crippen LogP contribution in [-0.4, -0.2) is 47.7 Å². The van der Waals surface area contributed by atoms with E-state index in [1.807, 2.05) is 12.1 Å². The average Bonchev–Trinajstić information content (AvgIpc) is 3.30. The molecule has 1 amide bonds. The van der Waals surface area contributed by atoms with Crippen LogP contribution in [0.25, 0.3) is 0 Å². The molecular weight excluding hydrogens is 430 g/mol. The molecule has 7 nitrogen and oxygen atoms in total. The van der Waals surface area contributed by atoms with Crippen LogP contribution < -0.4 is 15.0 Å². The molecule has 0 radical (unpaired) electrons. The van der Waals surface area contributed by atoms with Crippen molar-refractivity contribution in [2.75, 3.05) is 24.6 Å². The monoisotopic (exact) mass is 467 g/mol. The number of carboxylic acids is 1. The third-order valence-corrected chi connectivity index (χ3v) is 9.35. The summed E-state index contributed by atoms with van der Waals surface area (Å²) in [5.41, 5.74) is 0.522. The number of fused-ring (bicyclic) bond motifs is 1. The van der Waals surface area contributed by atoms with Gasteiger partial charge in [-0.3, -0.25) is 9.59 Å². The summed E-state index contributed by atoms with van der Waals surface area (Å²) in [4.78, 5) is 31.7. The highest BCUT2D eigenvalue weighted by molar-refractivity contribution is 5.97. The van der Waals surface area contributed by atoms with E-state index in [9.17, 15) is 14.7 Å². The Hall–Kier alpha value is -2.31. The van der Waals surface area contributed by atoms with Gasteiger partial charge in [0.1, 0.15) is 11.4 Å². The fraction of sp³-hybridized carbons (Fsp3) is 0.741. The predicted molar refractivity (Wildman–Crippen MR) is 128 cm³/mol. The zero-order chi connectivity index (χ0) is 23.6. The van der Waals surface area contributed by atoms with Gasteiger partial charge in [-0.05, 0) is 92.1 Å². The second-order valence-corrected chi connectivity index (χ2v) is 12.1. The van der Waals surface area contributed by atoms with E-state index < -0.39 is 5.97 Å². The molecule has 3 atom stereocenters. The van der Waals surface area contributed by atoms with Crippen molar-refractivity contribution < 1.29 is 19.4 Å². The molecule has 2 heterocycles. The van der Waals surface area contributed by atoms with Gasteiger partial charge in [-0.2, -0.15) is 4.98 Å². The molecule has 1 saturated heterocycles. The number of carboxylic acid groups (broad SMARTS) is 1. The number of nitrogens with zero attached hydrogens (tertiary/aromatic N) is 2. The lowest BCUT2D eigenvalue weighted by Crippen LogP contribution is -2.55. The summed E-state index contributed by atoms with van der Waals surface area (Å²) in [5, 5.41) is 12.7. The summed E-state index contributed by atoms with van der Waals surface area (Å²) in [7, 11) is 0. The Morgan fingerprint density at radius 3 is 2.32 bits per heavy atom. The maximum absolute atomic E-state index is 13.5. The second kappa shape index (κ2) is 8.42. The summed E-state index contributed by atoms with van der Waals surface area (Å²) in [5.74, 6) is 4.16. The van der Waals surface area contributed by atoms with Crippen LogP contribution in [0.15, 0.2) is 12.1 Å². The number of amides is 1. The first-order chi connectivity index (χ1) is 16.4. The lowest BCUT2D eigenvalue weighted by molar-refractivity contribution is -0.139. The lowest BCUT2D eigenvalue weighted by Gasteiger charge is -2.54. The first kappa shape index (κ1) is 22.2. The minimum Gasteiger partial charge on any atom is -0.481 e. The zero-order valence-corrected chi connectivity index (χ0v) is 20.3. The summed E-state index contributed by atoms with van der Waals surface area (Å²) in [6, 6.07) is 4.04. The van der Waals surface area contributed by atoms with Crippen LogP contribution in [0.5, 0.6) is 5.88 Å². The molecule has 1 unspecified atom stereocenters. The number of carbonyl (C=O) groups is 2. The maximum atomic E-state index is 13.5. The van der Waals surface area contributed by atoms with E-state index in [2.05, 4.69) is 24.1 Å². The van der Waals surface area contributed by atoms with E-state index in [0.717, 1.165) is 24.1 Å². The van der Waals surface area contributed by atoms with Gasteiger partial charge >= 0.3 is 5.97 Å². The van der Waals surface area contributed by atoms with E-state index in [-0.39, 0.29) is 29.7 Å². The van der Waals surface area contributed by atoms with Crippen LogP contribution in [0.4, 0.5) is 5.82 Å². The van der Waals surface area contributed by atoms with Crippen molar-refractivity contribution in [3.05, 3.63) is 17.7 Å². The molecule has 5 aliphatic carbocycles. The summed E-state index contributed by atoms with van der Waals surface area (Å²) in [6.07, 6.45) is 7.36. The number of carbonyl (C=O) groups excluding carboxylic acids is 1. The molecule has 34 heavy (non-hydrogen) atoms. The molecule has 0 spiro atoms. The number of ether oxygens (including phenoxy) is 1. The molecule has 6 aliphatic rings. The smallest absolute Gasteiger partial charge is 0.307 e. The van der Waals surface area contributed by atoms with E-state index in [1.54, 1.807) is 0 Å². The second-order valence-electron chi connectivity index (χ2n) is 12.1. The maximum Gasteiger partial charge on any atom is 0.307 e. The first-order valence-electron chi connectivity index (χ1n) is 13.3. The van der Waals surface area contributed by atoms with Crippen molar-refractivity contribution in [2.45, 2.75) is 58.4 Å². The third-order valence-electron chi connectivity index (χ3n) is 9.35. The number of rotatable bonds is 8. The molecule has 7 heteroatoms. The average molecular weight is 468 g/mol. The molecule has 1 aliphatic heterocycles. The molecule has 1 aromatic rings. The number of pyridine rings is 1. The summed E-state index contributed by atoms with van der Waals surface area (Å²) < 4.78 is 6.08. The lowest BCUT2D eigenvalue weighted by atomic mass is 9.54. The van der Waals surface area contributed by atoms with Crippen molar-refractivity contribution >= 4 is 17.7 Å². The van der Waals surface area contributed by atoms with Gasteiger partial charge in [-0.1, -0.05) is 13.8 Å².